The number of nitrogens with two attached hydrogens (primary N) is 1. The van der Waals surface area contributed by atoms with Crippen LogP contribution in [0.5, 0.6) is 0 Å². The van der Waals surface area contributed by atoms with E-state index in [0.29, 0.717) is 24.5 Å². The van der Waals surface area contributed by atoms with E-state index in [9.17, 15) is 4.79 Å². The zero-order valence-corrected chi connectivity index (χ0v) is 11.2. The summed E-state index contributed by atoms with van der Waals surface area (Å²) in [6.45, 7) is 8.16. The predicted octanol–water partition coefficient (Wildman–Crippen LogP) is 1.15. The van der Waals surface area contributed by atoms with Gasteiger partial charge in [-0.1, -0.05) is 20.8 Å². The first-order valence-electron chi connectivity index (χ1n) is 6.69. The van der Waals surface area contributed by atoms with Gasteiger partial charge in [-0.25, -0.2) is 0 Å². The van der Waals surface area contributed by atoms with Gasteiger partial charge in [-0.05, 0) is 18.8 Å². The van der Waals surface area contributed by atoms with Gasteiger partial charge in [0, 0.05) is 25.6 Å². The molecule has 17 heavy (non-hydrogen) atoms. The highest BCUT2D eigenvalue weighted by Gasteiger charge is 2.28. The van der Waals surface area contributed by atoms with Crippen LogP contribution < -0.4 is 11.1 Å². The van der Waals surface area contributed by atoms with Crippen molar-refractivity contribution in [3.63, 3.8) is 0 Å². The van der Waals surface area contributed by atoms with Crippen LogP contribution in [0.15, 0.2) is 0 Å². The summed E-state index contributed by atoms with van der Waals surface area (Å²) in [5, 5.41) is 3.02. The molecule has 1 heterocycles. The van der Waals surface area contributed by atoms with Gasteiger partial charge < -0.3 is 15.8 Å². The summed E-state index contributed by atoms with van der Waals surface area (Å²) in [6.07, 6.45) is 2.38. The van der Waals surface area contributed by atoms with Gasteiger partial charge in [0.05, 0.1) is 12.0 Å². The molecule has 4 heteroatoms. The third-order valence-electron chi connectivity index (χ3n) is 3.68. The molecule has 3 unspecified atom stereocenters. The standard InChI is InChI=1S/C13H26N2O2/c1-4-12-10(5-6-17-12)8-15-13(16)11(7-14)9(2)3/h9-12H,4-8,14H2,1-3H3,(H,15,16). The maximum Gasteiger partial charge on any atom is 0.224 e. The Labute approximate surface area is 104 Å². The average molecular weight is 242 g/mol. The molecular formula is C13H26N2O2. The van der Waals surface area contributed by atoms with Crippen LogP contribution in [0, 0.1) is 17.8 Å². The van der Waals surface area contributed by atoms with E-state index in [-0.39, 0.29) is 11.8 Å². The molecule has 0 aromatic rings. The van der Waals surface area contributed by atoms with Gasteiger partial charge in [0.2, 0.25) is 5.91 Å². The van der Waals surface area contributed by atoms with Gasteiger partial charge >= 0.3 is 0 Å². The number of rotatable bonds is 6. The monoisotopic (exact) mass is 242 g/mol. The molecule has 0 radical (unpaired) electrons. The van der Waals surface area contributed by atoms with Crippen molar-refractivity contribution in [3.8, 4) is 0 Å². The minimum atomic E-state index is -0.0719. The van der Waals surface area contributed by atoms with E-state index >= 15 is 0 Å². The van der Waals surface area contributed by atoms with E-state index in [1.165, 1.54) is 0 Å². The summed E-state index contributed by atoms with van der Waals surface area (Å²) in [7, 11) is 0. The molecule has 1 aliphatic rings. The van der Waals surface area contributed by atoms with E-state index < -0.39 is 0 Å². The van der Waals surface area contributed by atoms with Crippen LogP contribution in [0.2, 0.25) is 0 Å². The second-order valence-corrected chi connectivity index (χ2v) is 5.20. The summed E-state index contributed by atoms with van der Waals surface area (Å²) in [4.78, 5) is 11.9. The number of hydrogen-bond donors (Lipinski definition) is 2. The molecule has 0 spiro atoms. The second-order valence-electron chi connectivity index (χ2n) is 5.20. The van der Waals surface area contributed by atoms with Crippen molar-refractivity contribution in [2.45, 2.75) is 39.7 Å². The van der Waals surface area contributed by atoms with Crippen molar-refractivity contribution >= 4 is 5.91 Å². The van der Waals surface area contributed by atoms with Crippen LogP contribution >= 0.6 is 0 Å². The Morgan fingerprint density at radius 3 is 2.76 bits per heavy atom. The summed E-state index contributed by atoms with van der Waals surface area (Å²) in [6, 6.07) is 0. The third-order valence-corrected chi connectivity index (χ3v) is 3.68. The smallest absolute Gasteiger partial charge is 0.224 e. The largest absolute Gasteiger partial charge is 0.378 e. The first kappa shape index (κ1) is 14.5. The molecule has 1 fully saturated rings. The maximum atomic E-state index is 11.9. The lowest BCUT2D eigenvalue weighted by Crippen LogP contribution is -2.41. The minimum Gasteiger partial charge on any atom is -0.378 e. The molecule has 0 aromatic carbocycles. The van der Waals surface area contributed by atoms with Gasteiger partial charge in [-0.3, -0.25) is 4.79 Å². The van der Waals surface area contributed by atoms with Gasteiger partial charge in [0.25, 0.3) is 0 Å². The summed E-state index contributed by atoms with van der Waals surface area (Å²) in [5.41, 5.74) is 5.63. The van der Waals surface area contributed by atoms with Crippen molar-refractivity contribution in [1.29, 1.82) is 0 Å². The Hall–Kier alpha value is -0.610. The van der Waals surface area contributed by atoms with E-state index in [4.69, 9.17) is 10.5 Å². The summed E-state index contributed by atoms with van der Waals surface area (Å²) in [5.74, 6) is 0.776. The molecule has 0 saturated carbocycles. The highest BCUT2D eigenvalue weighted by molar-refractivity contribution is 5.79. The summed E-state index contributed by atoms with van der Waals surface area (Å²) < 4.78 is 5.61. The van der Waals surface area contributed by atoms with Crippen LogP contribution in [0.4, 0.5) is 0 Å². The molecule has 1 rings (SSSR count). The minimum absolute atomic E-state index is 0.0719. The van der Waals surface area contributed by atoms with Gasteiger partial charge in [-0.15, -0.1) is 0 Å². The highest BCUT2D eigenvalue weighted by Crippen LogP contribution is 2.22. The predicted molar refractivity (Wildman–Crippen MR) is 68.5 cm³/mol. The molecule has 3 atom stereocenters. The topological polar surface area (TPSA) is 64.3 Å². The van der Waals surface area contributed by atoms with E-state index in [0.717, 1.165) is 26.0 Å². The van der Waals surface area contributed by atoms with E-state index in [1.807, 2.05) is 13.8 Å². The highest BCUT2D eigenvalue weighted by atomic mass is 16.5. The molecular weight excluding hydrogens is 216 g/mol. The second kappa shape index (κ2) is 6.97. The van der Waals surface area contributed by atoms with Gasteiger partial charge in [0.1, 0.15) is 0 Å². The van der Waals surface area contributed by atoms with Crippen LogP contribution in [0.1, 0.15) is 33.6 Å². The number of nitrogens with one attached hydrogen (secondary N) is 1. The first-order chi connectivity index (χ1) is 8.10. The average Bonchev–Trinajstić information content (AvgIpc) is 2.74. The zero-order chi connectivity index (χ0) is 12.8. The molecule has 4 nitrogen and oxygen atoms in total. The molecule has 100 valence electrons. The van der Waals surface area contributed by atoms with Gasteiger partial charge in [-0.2, -0.15) is 0 Å². The quantitative estimate of drug-likeness (QED) is 0.734. The van der Waals surface area contributed by atoms with Crippen molar-refractivity contribution < 1.29 is 9.53 Å². The van der Waals surface area contributed by atoms with Crippen molar-refractivity contribution in [2.75, 3.05) is 19.7 Å². The lowest BCUT2D eigenvalue weighted by molar-refractivity contribution is -0.126. The molecule has 0 bridgehead atoms. The Bertz CT molecular complexity index is 244. The van der Waals surface area contributed by atoms with Crippen molar-refractivity contribution in [2.24, 2.45) is 23.5 Å². The number of ether oxygens (including phenoxy) is 1. The number of carbonyl (C=O) groups is 1. The maximum absolute atomic E-state index is 11.9. The fourth-order valence-corrected chi connectivity index (χ4v) is 2.42. The van der Waals surface area contributed by atoms with Gasteiger partial charge in [0.15, 0.2) is 0 Å². The Kier molecular flexibility index (Phi) is 5.92. The Morgan fingerprint density at radius 1 is 1.53 bits per heavy atom. The number of hydrogen-bond acceptors (Lipinski definition) is 3. The molecule has 0 aliphatic carbocycles. The van der Waals surface area contributed by atoms with Crippen molar-refractivity contribution in [3.05, 3.63) is 0 Å². The number of amides is 1. The summed E-state index contributed by atoms with van der Waals surface area (Å²) >= 11 is 0. The van der Waals surface area contributed by atoms with E-state index in [1.54, 1.807) is 0 Å². The Morgan fingerprint density at radius 2 is 2.24 bits per heavy atom. The third kappa shape index (κ3) is 3.96. The number of carbonyl (C=O) groups excluding carboxylic acids is 1. The SMILES string of the molecule is CCC1OCCC1CNC(=O)C(CN)C(C)C. The molecule has 1 amide bonds. The van der Waals surface area contributed by atoms with Crippen LogP contribution in [-0.2, 0) is 9.53 Å². The lowest BCUT2D eigenvalue weighted by Gasteiger charge is -2.21. The molecule has 0 aromatic heterocycles. The molecule has 1 saturated heterocycles. The van der Waals surface area contributed by atoms with Crippen LogP contribution in [0.3, 0.4) is 0 Å². The van der Waals surface area contributed by atoms with Crippen molar-refractivity contribution in [1.82, 2.24) is 5.32 Å². The molecule has 1 aliphatic heterocycles. The Balaban J connectivity index is 2.36. The van der Waals surface area contributed by atoms with E-state index in [2.05, 4.69) is 12.2 Å². The zero-order valence-electron chi connectivity index (χ0n) is 11.2. The fourth-order valence-electron chi connectivity index (χ4n) is 2.42. The van der Waals surface area contributed by atoms with Crippen LogP contribution in [0.25, 0.3) is 0 Å². The molecule has 3 N–H and O–H groups in total. The normalized spacial score (nSPS) is 26.2. The fraction of sp³-hybridized carbons (Fsp3) is 0.923. The van der Waals surface area contributed by atoms with Crippen LogP contribution in [-0.4, -0.2) is 31.7 Å². The first-order valence-corrected chi connectivity index (χ1v) is 6.69. The lowest BCUT2D eigenvalue weighted by atomic mass is 9.94.